The van der Waals surface area contributed by atoms with Gasteiger partial charge in [-0.25, -0.2) is 8.42 Å². The van der Waals surface area contributed by atoms with Crippen molar-refractivity contribution in [1.82, 2.24) is 14.7 Å². The van der Waals surface area contributed by atoms with Crippen molar-refractivity contribution in [3.05, 3.63) is 0 Å². The lowest BCUT2D eigenvalue weighted by atomic mass is 10.2. The molecule has 2 fully saturated rings. The summed E-state index contributed by atoms with van der Waals surface area (Å²) in [5.41, 5.74) is 0. The normalized spacial score (nSPS) is 23.1. The highest BCUT2D eigenvalue weighted by Crippen LogP contribution is 2.18. The van der Waals surface area contributed by atoms with Crippen LogP contribution < -0.4 is 0 Å². The predicted molar refractivity (Wildman–Crippen MR) is 84.9 cm³/mol. The van der Waals surface area contributed by atoms with Crippen LogP contribution in [-0.4, -0.2) is 105 Å². The van der Waals surface area contributed by atoms with Crippen molar-refractivity contribution in [2.24, 2.45) is 0 Å². The third-order valence-electron chi connectivity index (χ3n) is 4.38. The van der Waals surface area contributed by atoms with Gasteiger partial charge in [0, 0.05) is 45.9 Å². The van der Waals surface area contributed by atoms with Gasteiger partial charge in [-0.2, -0.15) is 0 Å². The van der Waals surface area contributed by atoms with Crippen LogP contribution in [0.2, 0.25) is 0 Å². The average molecular weight is 361 g/mol. The monoisotopic (exact) mass is 361 g/mol. The summed E-state index contributed by atoms with van der Waals surface area (Å²) in [6.45, 7) is 1.77. The molecular weight excluding hydrogens is 338 g/mol. The maximum atomic E-state index is 12.6. The fourth-order valence-electron chi connectivity index (χ4n) is 2.95. The number of hydrogen-bond acceptors (Lipinski definition) is 6. The largest absolute Gasteiger partial charge is 0.383 e. The first kappa shape index (κ1) is 18.7. The Balaban J connectivity index is 2.04. The molecular formula is C14H23N3O6S. The van der Waals surface area contributed by atoms with Gasteiger partial charge >= 0.3 is 11.8 Å². The second kappa shape index (κ2) is 7.93. The molecule has 9 nitrogen and oxygen atoms in total. The van der Waals surface area contributed by atoms with Crippen LogP contribution in [-0.2, 0) is 29.0 Å². The Morgan fingerprint density at radius 1 is 1.25 bits per heavy atom. The SMILES string of the molecule is COCCN(C(=O)C(=O)N1CCN(C=O)CC1)C1CCS(=O)(=O)C1. The topological polar surface area (TPSA) is 104 Å². The number of ether oxygens (including phenoxy) is 1. The number of amides is 3. The number of carbonyl (C=O) groups excluding carboxylic acids is 3. The second-order valence-electron chi connectivity index (χ2n) is 5.98. The van der Waals surface area contributed by atoms with Crippen molar-refractivity contribution in [2.45, 2.75) is 12.5 Å². The molecule has 0 aromatic rings. The van der Waals surface area contributed by atoms with Gasteiger partial charge in [0.1, 0.15) is 0 Å². The molecule has 2 aliphatic heterocycles. The average Bonchev–Trinajstić information content (AvgIpc) is 2.94. The van der Waals surface area contributed by atoms with Crippen molar-refractivity contribution in [1.29, 1.82) is 0 Å². The fraction of sp³-hybridized carbons (Fsp3) is 0.786. The molecule has 0 aromatic carbocycles. The third-order valence-corrected chi connectivity index (χ3v) is 6.13. The van der Waals surface area contributed by atoms with Crippen molar-refractivity contribution in [2.75, 3.05) is 57.9 Å². The van der Waals surface area contributed by atoms with Crippen LogP contribution in [0.3, 0.4) is 0 Å². The number of methoxy groups -OCH3 is 1. The minimum absolute atomic E-state index is 0.0284. The molecule has 2 saturated heterocycles. The van der Waals surface area contributed by atoms with E-state index in [0.29, 0.717) is 32.6 Å². The summed E-state index contributed by atoms with van der Waals surface area (Å²) in [6.07, 6.45) is 1.06. The summed E-state index contributed by atoms with van der Waals surface area (Å²) in [6, 6.07) is -0.488. The van der Waals surface area contributed by atoms with Crippen molar-refractivity contribution < 1.29 is 27.5 Å². The Hall–Kier alpha value is -1.68. The molecule has 0 aliphatic carbocycles. The van der Waals surface area contributed by atoms with Gasteiger partial charge in [0.25, 0.3) is 0 Å². The van der Waals surface area contributed by atoms with Crippen LogP contribution in [0.4, 0.5) is 0 Å². The summed E-state index contributed by atoms with van der Waals surface area (Å²) < 4.78 is 28.3. The smallest absolute Gasteiger partial charge is 0.312 e. The molecule has 1 unspecified atom stereocenters. The van der Waals surface area contributed by atoms with Gasteiger partial charge in [-0.1, -0.05) is 0 Å². The number of piperazine rings is 1. The third kappa shape index (κ3) is 4.44. The number of nitrogens with zero attached hydrogens (tertiary/aromatic N) is 3. The first-order chi connectivity index (χ1) is 11.4. The summed E-state index contributed by atoms with van der Waals surface area (Å²) >= 11 is 0. The molecule has 0 saturated carbocycles. The van der Waals surface area contributed by atoms with E-state index in [2.05, 4.69) is 0 Å². The Labute approximate surface area is 141 Å². The zero-order valence-corrected chi connectivity index (χ0v) is 14.5. The van der Waals surface area contributed by atoms with Gasteiger partial charge in [-0.3, -0.25) is 14.4 Å². The van der Waals surface area contributed by atoms with Gasteiger partial charge in [0.2, 0.25) is 6.41 Å². The Morgan fingerprint density at radius 2 is 1.92 bits per heavy atom. The maximum Gasteiger partial charge on any atom is 0.312 e. The molecule has 24 heavy (non-hydrogen) atoms. The lowest BCUT2D eigenvalue weighted by Crippen LogP contribution is -2.55. The van der Waals surface area contributed by atoms with E-state index in [9.17, 15) is 22.8 Å². The molecule has 0 aromatic heterocycles. The molecule has 2 rings (SSSR count). The number of hydrogen-bond donors (Lipinski definition) is 0. The lowest BCUT2D eigenvalue weighted by molar-refractivity contribution is -0.154. The highest BCUT2D eigenvalue weighted by atomic mass is 32.2. The molecule has 10 heteroatoms. The summed E-state index contributed by atoms with van der Waals surface area (Å²) in [5, 5.41) is 0. The molecule has 3 amide bonds. The lowest BCUT2D eigenvalue weighted by Gasteiger charge is -2.34. The van der Waals surface area contributed by atoms with E-state index in [1.807, 2.05) is 0 Å². The summed E-state index contributed by atoms with van der Waals surface area (Å²) in [4.78, 5) is 40.0. The van der Waals surface area contributed by atoms with Gasteiger partial charge in [0.15, 0.2) is 9.84 Å². The highest BCUT2D eigenvalue weighted by Gasteiger charge is 2.38. The number of carbonyl (C=O) groups is 3. The van der Waals surface area contributed by atoms with Crippen LogP contribution in [0.25, 0.3) is 0 Å². The summed E-state index contributed by atoms with van der Waals surface area (Å²) in [5.74, 6) is -1.44. The van der Waals surface area contributed by atoms with Crippen LogP contribution in [0.1, 0.15) is 6.42 Å². The van der Waals surface area contributed by atoms with Crippen molar-refractivity contribution >= 4 is 28.1 Å². The van der Waals surface area contributed by atoms with Gasteiger partial charge in [0.05, 0.1) is 18.1 Å². The van der Waals surface area contributed by atoms with Crippen LogP contribution in [0.5, 0.6) is 0 Å². The maximum absolute atomic E-state index is 12.6. The van der Waals surface area contributed by atoms with Gasteiger partial charge in [-0.05, 0) is 6.42 Å². The Bertz CT molecular complexity index is 585. The first-order valence-corrected chi connectivity index (χ1v) is 9.68. The number of sulfone groups is 1. The Kier molecular flexibility index (Phi) is 6.16. The first-order valence-electron chi connectivity index (χ1n) is 7.86. The zero-order chi connectivity index (χ0) is 17.7. The van der Waals surface area contributed by atoms with Crippen molar-refractivity contribution in [3.63, 3.8) is 0 Å². The fourth-order valence-corrected chi connectivity index (χ4v) is 4.68. The van der Waals surface area contributed by atoms with Gasteiger partial charge in [-0.15, -0.1) is 0 Å². The van der Waals surface area contributed by atoms with Crippen LogP contribution >= 0.6 is 0 Å². The van der Waals surface area contributed by atoms with E-state index < -0.39 is 27.7 Å². The van der Waals surface area contributed by atoms with E-state index in [1.165, 1.54) is 16.9 Å². The van der Waals surface area contributed by atoms with E-state index in [0.717, 1.165) is 6.41 Å². The standard InChI is InChI=1S/C14H23N3O6S/c1-23-8-7-17(12-2-9-24(21,22)10-12)14(20)13(19)16-5-3-15(11-18)4-6-16/h11-12H,2-10H2,1H3. The molecule has 0 bridgehead atoms. The second-order valence-corrected chi connectivity index (χ2v) is 8.21. The van der Waals surface area contributed by atoms with Crippen LogP contribution in [0, 0.1) is 0 Å². The zero-order valence-electron chi connectivity index (χ0n) is 13.7. The Morgan fingerprint density at radius 3 is 2.42 bits per heavy atom. The molecule has 2 aliphatic rings. The number of rotatable bonds is 5. The van der Waals surface area contributed by atoms with E-state index in [1.54, 1.807) is 4.90 Å². The van der Waals surface area contributed by atoms with Crippen molar-refractivity contribution in [3.8, 4) is 0 Å². The molecule has 0 N–H and O–H groups in total. The van der Waals surface area contributed by atoms with E-state index in [4.69, 9.17) is 4.74 Å². The van der Waals surface area contributed by atoms with E-state index >= 15 is 0 Å². The minimum Gasteiger partial charge on any atom is -0.383 e. The quantitative estimate of drug-likeness (QED) is 0.412. The minimum atomic E-state index is -3.17. The molecule has 0 radical (unpaired) electrons. The predicted octanol–water partition coefficient (Wildman–Crippen LogP) is -2.05. The highest BCUT2D eigenvalue weighted by molar-refractivity contribution is 7.91. The molecule has 136 valence electrons. The molecule has 1 atom stereocenters. The molecule has 2 heterocycles. The van der Waals surface area contributed by atoms with E-state index in [-0.39, 0.29) is 24.7 Å². The van der Waals surface area contributed by atoms with Gasteiger partial charge < -0.3 is 19.4 Å². The molecule has 0 spiro atoms. The summed E-state index contributed by atoms with van der Waals surface area (Å²) in [7, 11) is -1.68. The van der Waals surface area contributed by atoms with Crippen LogP contribution in [0.15, 0.2) is 0 Å².